The zero-order valence-electron chi connectivity index (χ0n) is 13.1. The van der Waals surface area contributed by atoms with E-state index < -0.39 is 5.97 Å². The second kappa shape index (κ2) is 6.25. The summed E-state index contributed by atoms with van der Waals surface area (Å²) in [5.74, 6) is -0.218. The van der Waals surface area contributed by atoms with Crippen molar-refractivity contribution in [3.05, 3.63) is 23.8 Å². The lowest BCUT2D eigenvalue weighted by Crippen LogP contribution is -2.38. The van der Waals surface area contributed by atoms with Crippen LogP contribution in [0.25, 0.3) is 0 Å². The molecule has 1 aliphatic rings. The minimum atomic E-state index is -1.04. The number of carbonyl (C=O) groups is 2. The first-order valence-corrected chi connectivity index (χ1v) is 7.25. The van der Waals surface area contributed by atoms with Crippen LogP contribution in [0.3, 0.4) is 0 Å². The van der Waals surface area contributed by atoms with Gasteiger partial charge in [0.1, 0.15) is 12.1 Å². The summed E-state index contributed by atoms with van der Waals surface area (Å²) >= 11 is 0. The van der Waals surface area contributed by atoms with Crippen LogP contribution in [0, 0.1) is 0 Å². The fourth-order valence-electron chi connectivity index (χ4n) is 2.47. The van der Waals surface area contributed by atoms with Gasteiger partial charge in [-0.2, -0.15) is 0 Å². The Hall–Kier alpha value is -2.24. The SMILES string of the molecule is CCN(CC(=O)O)C(=O)COc1cccc2c1OC(C)(C)C2. The molecule has 0 saturated heterocycles. The number of hydrogen-bond donors (Lipinski definition) is 1. The Kier molecular flexibility index (Phi) is 4.59. The molecule has 1 aromatic carbocycles. The number of benzene rings is 1. The van der Waals surface area contributed by atoms with Crippen LogP contribution in [-0.4, -0.2) is 47.2 Å². The van der Waals surface area contributed by atoms with Crippen molar-refractivity contribution in [1.82, 2.24) is 4.90 Å². The number of nitrogens with zero attached hydrogens (tertiary/aromatic N) is 1. The quantitative estimate of drug-likeness (QED) is 0.866. The van der Waals surface area contributed by atoms with E-state index in [9.17, 15) is 9.59 Å². The van der Waals surface area contributed by atoms with Crippen molar-refractivity contribution in [3.63, 3.8) is 0 Å². The van der Waals surface area contributed by atoms with Crippen molar-refractivity contribution < 1.29 is 24.2 Å². The molecular weight excluding hydrogens is 286 g/mol. The van der Waals surface area contributed by atoms with Gasteiger partial charge in [-0.25, -0.2) is 0 Å². The van der Waals surface area contributed by atoms with Crippen LogP contribution in [-0.2, 0) is 16.0 Å². The Balaban J connectivity index is 2.03. The molecule has 120 valence electrons. The number of para-hydroxylation sites is 1. The average Bonchev–Trinajstić information content (AvgIpc) is 2.76. The Morgan fingerprint density at radius 1 is 1.41 bits per heavy atom. The number of ether oxygens (including phenoxy) is 2. The van der Waals surface area contributed by atoms with Crippen LogP contribution in [0.5, 0.6) is 11.5 Å². The monoisotopic (exact) mass is 307 g/mol. The van der Waals surface area contributed by atoms with E-state index in [1.165, 1.54) is 4.90 Å². The van der Waals surface area contributed by atoms with E-state index in [0.717, 1.165) is 12.0 Å². The maximum Gasteiger partial charge on any atom is 0.323 e. The normalized spacial score (nSPS) is 14.9. The van der Waals surface area contributed by atoms with Crippen molar-refractivity contribution in [3.8, 4) is 11.5 Å². The van der Waals surface area contributed by atoms with Crippen LogP contribution in [0.2, 0.25) is 0 Å². The number of hydrogen-bond acceptors (Lipinski definition) is 4. The molecule has 0 aromatic heterocycles. The molecule has 1 amide bonds. The molecule has 1 N–H and O–H groups in total. The zero-order chi connectivity index (χ0) is 16.3. The summed E-state index contributed by atoms with van der Waals surface area (Å²) in [6, 6.07) is 5.58. The van der Waals surface area contributed by atoms with Crippen LogP contribution >= 0.6 is 0 Å². The van der Waals surface area contributed by atoms with E-state index in [0.29, 0.717) is 18.0 Å². The van der Waals surface area contributed by atoms with Gasteiger partial charge in [0.2, 0.25) is 0 Å². The third-order valence-corrected chi connectivity index (χ3v) is 3.47. The molecule has 1 aromatic rings. The first-order chi connectivity index (χ1) is 10.3. The Labute approximate surface area is 129 Å². The summed E-state index contributed by atoms with van der Waals surface area (Å²) in [6.07, 6.45) is 0.785. The van der Waals surface area contributed by atoms with Gasteiger partial charge in [0.05, 0.1) is 0 Å². The van der Waals surface area contributed by atoms with E-state index >= 15 is 0 Å². The average molecular weight is 307 g/mol. The number of carboxylic acids is 1. The number of likely N-dealkylation sites (N-methyl/N-ethyl adjacent to an activating group) is 1. The van der Waals surface area contributed by atoms with E-state index in [1.807, 2.05) is 26.0 Å². The van der Waals surface area contributed by atoms with Gasteiger partial charge >= 0.3 is 5.97 Å². The molecule has 0 radical (unpaired) electrons. The molecule has 0 fully saturated rings. The van der Waals surface area contributed by atoms with Gasteiger partial charge in [0.15, 0.2) is 18.1 Å². The van der Waals surface area contributed by atoms with Gasteiger partial charge in [0, 0.05) is 18.5 Å². The zero-order valence-corrected chi connectivity index (χ0v) is 13.1. The topological polar surface area (TPSA) is 76.1 Å². The predicted octanol–water partition coefficient (Wildman–Crippen LogP) is 1.71. The summed E-state index contributed by atoms with van der Waals surface area (Å²) in [5.41, 5.74) is 0.762. The molecule has 6 heteroatoms. The van der Waals surface area contributed by atoms with Crippen LogP contribution < -0.4 is 9.47 Å². The lowest BCUT2D eigenvalue weighted by atomic mass is 10.0. The summed E-state index contributed by atoms with van der Waals surface area (Å²) in [5, 5.41) is 8.78. The Bertz CT molecular complexity index is 582. The van der Waals surface area contributed by atoms with Gasteiger partial charge < -0.3 is 19.5 Å². The van der Waals surface area contributed by atoms with Crippen molar-refractivity contribution in [2.45, 2.75) is 32.8 Å². The van der Waals surface area contributed by atoms with E-state index in [2.05, 4.69) is 0 Å². The molecule has 0 unspecified atom stereocenters. The van der Waals surface area contributed by atoms with Gasteiger partial charge in [-0.3, -0.25) is 9.59 Å². The van der Waals surface area contributed by atoms with E-state index in [1.54, 1.807) is 13.0 Å². The molecule has 0 spiro atoms. The molecule has 0 aliphatic carbocycles. The molecule has 2 rings (SSSR count). The van der Waals surface area contributed by atoms with Crippen LogP contribution in [0.15, 0.2) is 18.2 Å². The van der Waals surface area contributed by atoms with Crippen LogP contribution in [0.1, 0.15) is 26.3 Å². The fourth-order valence-corrected chi connectivity index (χ4v) is 2.47. The number of aliphatic carboxylic acids is 1. The first kappa shape index (κ1) is 16.1. The summed E-state index contributed by atoms with van der Waals surface area (Å²) in [7, 11) is 0. The molecule has 6 nitrogen and oxygen atoms in total. The van der Waals surface area contributed by atoms with Gasteiger partial charge in [-0.05, 0) is 26.8 Å². The highest BCUT2D eigenvalue weighted by molar-refractivity contribution is 5.82. The highest BCUT2D eigenvalue weighted by atomic mass is 16.5. The fraction of sp³-hybridized carbons (Fsp3) is 0.500. The molecular formula is C16H21NO5. The molecule has 22 heavy (non-hydrogen) atoms. The third kappa shape index (κ3) is 3.69. The molecule has 1 aliphatic heterocycles. The maximum atomic E-state index is 12.0. The number of rotatable bonds is 6. The van der Waals surface area contributed by atoms with E-state index in [-0.39, 0.29) is 24.7 Å². The lowest BCUT2D eigenvalue weighted by Gasteiger charge is -2.20. The number of carboxylic acid groups (broad SMARTS) is 1. The van der Waals surface area contributed by atoms with Crippen molar-refractivity contribution in [2.75, 3.05) is 19.7 Å². The van der Waals surface area contributed by atoms with Gasteiger partial charge in [-0.1, -0.05) is 12.1 Å². The van der Waals surface area contributed by atoms with Gasteiger partial charge in [0.25, 0.3) is 5.91 Å². The standard InChI is InChI=1S/C16H21NO5/c1-4-17(9-14(19)20)13(18)10-21-12-7-5-6-11-8-16(2,3)22-15(11)12/h5-7H,4,8-10H2,1-3H3,(H,19,20). The molecule has 0 saturated carbocycles. The number of amides is 1. The predicted molar refractivity (Wildman–Crippen MR) is 80.2 cm³/mol. The van der Waals surface area contributed by atoms with E-state index in [4.69, 9.17) is 14.6 Å². The minimum absolute atomic E-state index is 0.207. The third-order valence-electron chi connectivity index (χ3n) is 3.47. The number of carbonyl (C=O) groups excluding carboxylic acids is 1. The summed E-state index contributed by atoms with van der Waals surface area (Å²) < 4.78 is 11.4. The van der Waals surface area contributed by atoms with Crippen molar-refractivity contribution in [2.24, 2.45) is 0 Å². The molecule has 1 heterocycles. The highest BCUT2D eigenvalue weighted by Gasteiger charge is 2.32. The highest BCUT2D eigenvalue weighted by Crippen LogP contribution is 2.41. The smallest absolute Gasteiger partial charge is 0.323 e. The summed E-state index contributed by atoms with van der Waals surface area (Å²) in [6.45, 7) is 5.51. The van der Waals surface area contributed by atoms with Crippen LogP contribution in [0.4, 0.5) is 0 Å². The van der Waals surface area contributed by atoms with Crippen molar-refractivity contribution in [1.29, 1.82) is 0 Å². The summed E-state index contributed by atoms with van der Waals surface area (Å²) in [4.78, 5) is 24.0. The number of fused-ring (bicyclic) bond motifs is 1. The molecule has 0 bridgehead atoms. The van der Waals surface area contributed by atoms with Crippen molar-refractivity contribution >= 4 is 11.9 Å². The lowest BCUT2D eigenvalue weighted by molar-refractivity contribution is -0.145. The first-order valence-electron chi connectivity index (χ1n) is 7.25. The minimum Gasteiger partial charge on any atom is -0.483 e. The maximum absolute atomic E-state index is 12.0. The second-order valence-electron chi connectivity index (χ2n) is 5.87. The Morgan fingerprint density at radius 2 is 2.14 bits per heavy atom. The Morgan fingerprint density at radius 3 is 2.77 bits per heavy atom. The molecule has 0 atom stereocenters. The van der Waals surface area contributed by atoms with Gasteiger partial charge in [-0.15, -0.1) is 0 Å². The largest absolute Gasteiger partial charge is 0.483 e. The second-order valence-corrected chi connectivity index (χ2v) is 5.87.